The maximum absolute atomic E-state index is 4.21. The van der Waals surface area contributed by atoms with Gasteiger partial charge in [0.05, 0.1) is 0 Å². The Labute approximate surface area is 75.4 Å². The van der Waals surface area contributed by atoms with Crippen molar-refractivity contribution in [1.82, 2.24) is 4.98 Å². The van der Waals surface area contributed by atoms with Crippen LogP contribution in [0, 0.1) is 6.92 Å². The Bertz CT molecular complexity index is 238. The summed E-state index contributed by atoms with van der Waals surface area (Å²) in [5.41, 5.74) is 2.20. The van der Waals surface area contributed by atoms with Gasteiger partial charge in [0, 0.05) is 25.5 Å². The summed E-state index contributed by atoms with van der Waals surface area (Å²) in [5.74, 6) is 0. The lowest BCUT2D eigenvalue weighted by atomic mass is 10.3. The third-order valence-corrected chi connectivity index (χ3v) is 1.83. The molecule has 2 nitrogen and oxygen atoms in total. The highest BCUT2D eigenvalue weighted by Gasteiger charge is 1.98. The van der Waals surface area contributed by atoms with Gasteiger partial charge in [-0.15, -0.1) is 0 Å². The molecule has 0 spiro atoms. The van der Waals surface area contributed by atoms with Gasteiger partial charge in [0.15, 0.2) is 0 Å². The van der Waals surface area contributed by atoms with E-state index < -0.39 is 0 Å². The quantitative estimate of drug-likeness (QED) is 0.667. The van der Waals surface area contributed by atoms with E-state index in [1.54, 1.807) is 0 Å². The lowest BCUT2D eigenvalue weighted by molar-refractivity contribution is 1.09. The van der Waals surface area contributed by atoms with E-state index in [2.05, 4.69) is 25.8 Å². The number of anilines is 1. The Morgan fingerprint density at radius 3 is 2.45 bits per heavy atom. The highest BCUT2D eigenvalue weighted by atomic mass is 79.9. The first-order valence-electron chi connectivity index (χ1n) is 3.41. The van der Waals surface area contributed by atoms with Crippen LogP contribution in [0.1, 0.15) is 5.69 Å². The number of hydrogen-bond donors (Lipinski definition) is 0. The molecule has 0 bridgehead atoms. The molecular formula is C8H11BrN2. The van der Waals surface area contributed by atoms with E-state index in [0.29, 0.717) is 0 Å². The summed E-state index contributed by atoms with van der Waals surface area (Å²) in [5, 5.41) is 0. The van der Waals surface area contributed by atoms with Crippen LogP contribution in [0.3, 0.4) is 0 Å². The lowest BCUT2D eigenvalue weighted by Gasteiger charge is -2.12. The molecule has 0 fully saturated rings. The van der Waals surface area contributed by atoms with Gasteiger partial charge >= 0.3 is 0 Å². The minimum Gasteiger partial charge on any atom is -0.378 e. The third-order valence-electron chi connectivity index (χ3n) is 1.42. The predicted octanol–water partition coefficient (Wildman–Crippen LogP) is 2.22. The van der Waals surface area contributed by atoms with Gasteiger partial charge < -0.3 is 4.90 Å². The standard InChI is InChI=1S/C8H11BrN2/c1-6-4-7(11(2)3)5-8(9)10-6/h4-5H,1-3H3. The van der Waals surface area contributed by atoms with E-state index >= 15 is 0 Å². The molecule has 0 amide bonds. The minimum absolute atomic E-state index is 0.890. The van der Waals surface area contributed by atoms with Crippen molar-refractivity contribution in [3.63, 3.8) is 0 Å². The molecule has 1 aromatic heterocycles. The monoisotopic (exact) mass is 214 g/mol. The van der Waals surface area contributed by atoms with Crippen molar-refractivity contribution in [2.75, 3.05) is 19.0 Å². The van der Waals surface area contributed by atoms with Gasteiger partial charge in [-0.3, -0.25) is 0 Å². The first-order chi connectivity index (χ1) is 5.09. The maximum Gasteiger partial charge on any atom is 0.108 e. The van der Waals surface area contributed by atoms with Crippen LogP contribution < -0.4 is 4.90 Å². The SMILES string of the molecule is Cc1cc(N(C)C)cc(Br)n1. The van der Waals surface area contributed by atoms with Crippen LogP contribution >= 0.6 is 15.9 Å². The number of halogens is 1. The van der Waals surface area contributed by atoms with Crippen LogP contribution in [-0.4, -0.2) is 19.1 Å². The van der Waals surface area contributed by atoms with Crippen LogP contribution in [0.25, 0.3) is 0 Å². The number of pyridine rings is 1. The summed E-state index contributed by atoms with van der Waals surface area (Å²) in [6, 6.07) is 4.04. The van der Waals surface area contributed by atoms with Gasteiger partial charge in [-0.25, -0.2) is 4.98 Å². The first kappa shape index (κ1) is 8.53. The molecule has 3 heteroatoms. The highest BCUT2D eigenvalue weighted by Crippen LogP contribution is 2.17. The summed E-state index contributed by atoms with van der Waals surface area (Å²) in [7, 11) is 4.03. The van der Waals surface area contributed by atoms with E-state index in [1.807, 2.05) is 33.2 Å². The van der Waals surface area contributed by atoms with Crippen LogP contribution in [0.5, 0.6) is 0 Å². The smallest absolute Gasteiger partial charge is 0.108 e. The van der Waals surface area contributed by atoms with Gasteiger partial charge in [0.25, 0.3) is 0 Å². The zero-order chi connectivity index (χ0) is 8.43. The Balaban J connectivity index is 3.08. The fourth-order valence-electron chi connectivity index (χ4n) is 0.869. The van der Waals surface area contributed by atoms with Crippen molar-refractivity contribution in [3.05, 3.63) is 22.4 Å². The second-order valence-corrected chi connectivity index (χ2v) is 3.50. The van der Waals surface area contributed by atoms with Crippen molar-refractivity contribution >= 4 is 21.6 Å². The van der Waals surface area contributed by atoms with Crippen molar-refractivity contribution < 1.29 is 0 Å². The first-order valence-corrected chi connectivity index (χ1v) is 4.20. The van der Waals surface area contributed by atoms with Crippen LogP contribution in [-0.2, 0) is 0 Å². The van der Waals surface area contributed by atoms with E-state index in [4.69, 9.17) is 0 Å². The average molecular weight is 215 g/mol. The topological polar surface area (TPSA) is 16.1 Å². The molecule has 1 aromatic rings. The normalized spacial score (nSPS) is 9.82. The predicted molar refractivity (Wildman–Crippen MR) is 51.0 cm³/mol. The van der Waals surface area contributed by atoms with Crippen LogP contribution in [0.2, 0.25) is 0 Å². The van der Waals surface area contributed by atoms with E-state index in [9.17, 15) is 0 Å². The van der Waals surface area contributed by atoms with Crippen molar-refractivity contribution in [2.45, 2.75) is 6.92 Å². The van der Waals surface area contributed by atoms with E-state index in [0.717, 1.165) is 10.3 Å². The van der Waals surface area contributed by atoms with E-state index in [-0.39, 0.29) is 0 Å². The lowest BCUT2D eigenvalue weighted by Crippen LogP contribution is -2.08. The molecule has 1 heterocycles. The molecule has 0 N–H and O–H groups in total. The molecule has 0 saturated heterocycles. The maximum atomic E-state index is 4.21. The summed E-state index contributed by atoms with van der Waals surface area (Å²) in [6.45, 7) is 1.98. The zero-order valence-electron chi connectivity index (χ0n) is 6.93. The number of rotatable bonds is 1. The van der Waals surface area contributed by atoms with Crippen molar-refractivity contribution in [3.8, 4) is 0 Å². The largest absolute Gasteiger partial charge is 0.378 e. The van der Waals surface area contributed by atoms with Crippen molar-refractivity contribution in [1.29, 1.82) is 0 Å². The number of aryl methyl sites for hydroxylation is 1. The van der Waals surface area contributed by atoms with Gasteiger partial charge in [0.2, 0.25) is 0 Å². The molecule has 0 unspecified atom stereocenters. The second kappa shape index (κ2) is 3.22. The Hall–Kier alpha value is -0.570. The molecule has 60 valence electrons. The van der Waals surface area contributed by atoms with Gasteiger partial charge in [-0.2, -0.15) is 0 Å². The Kier molecular flexibility index (Phi) is 2.49. The molecule has 1 rings (SSSR count). The molecule has 0 atom stereocenters. The molecule has 0 aromatic carbocycles. The number of hydrogen-bond acceptors (Lipinski definition) is 2. The van der Waals surface area contributed by atoms with Crippen molar-refractivity contribution in [2.24, 2.45) is 0 Å². The summed E-state index contributed by atoms with van der Waals surface area (Å²) in [6.07, 6.45) is 0. The van der Waals surface area contributed by atoms with Gasteiger partial charge in [-0.1, -0.05) is 0 Å². The summed E-state index contributed by atoms with van der Waals surface area (Å²) >= 11 is 3.34. The highest BCUT2D eigenvalue weighted by molar-refractivity contribution is 9.10. The number of aromatic nitrogens is 1. The third kappa shape index (κ3) is 2.19. The fraction of sp³-hybridized carbons (Fsp3) is 0.375. The molecule has 0 saturated carbocycles. The summed E-state index contributed by atoms with van der Waals surface area (Å²) < 4.78 is 0.890. The second-order valence-electron chi connectivity index (χ2n) is 2.68. The van der Waals surface area contributed by atoms with Gasteiger partial charge in [-0.05, 0) is 35.0 Å². The Morgan fingerprint density at radius 2 is 2.00 bits per heavy atom. The van der Waals surface area contributed by atoms with Crippen LogP contribution in [0.4, 0.5) is 5.69 Å². The molecule has 11 heavy (non-hydrogen) atoms. The Morgan fingerprint density at radius 1 is 1.36 bits per heavy atom. The number of nitrogens with zero attached hydrogens (tertiary/aromatic N) is 2. The fourth-order valence-corrected chi connectivity index (χ4v) is 1.38. The van der Waals surface area contributed by atoms with E-state index in [1.165, 1.54) is 5.69 Å². The average Bonchev–Trinajstić information content (AvgIpc) is 1.85. The minimum atomic E-state index is 0.890. The van der Waals surface area contributed by atoms with Gasteiger partial charge in [0.1, 0.15) is 4.60 Å². The molecular weight excluding hydrogens is 204 g/mol. The zero-order valence-corrected chi connectivity index (χ0v) is 8.51. The molecule has 0 radical (unpaired) electrons. The summed E-state index contributed by atoms with van der Waals surface area (Å²) in [4.78, 5) is 6.26. The molecule has 0 aliphatic heterocycles. The molecule has 0 aliphatic carbocycles. The van der Waals surface area contributed by atoms with Crippen LogP contribution in [0.15, 0.2) is 16.7 Å². The molecule has 0 aliphatic rings.